The van der Waals surface area contributed by atoms with Gasteiger partial charge in [-0.05, 0) is 39.8 Å². The summed E-state index contributed by atoms with van der Waals surface area (Å²) in [5.74, 6) is -0.983. The zero-order valence-electron chi connectivity index (χ0n) is 14.6. The quantitative estimate of drug-likeness (QED) is 0.604. The Morgan fingerprint density at radius 1 is 1.21 bits per heavy atom. The second kappa shape index (κ2) is 8.73. The lowest BCUT2D eigenvalue weighted by atomic mass is 10.1. The van der Waals surface area contributed by atoms with Crippen LogP contribution < -0.4 is 10.6 Å². The maximum Gasteiger partial charge on any atom is 0.318 e. The van der Waals surface area contributed by atoms with Crippen molar-refractivity contribution in [3.05, 3.63) is 29.8 Å². The Kier molecular flexibility index (Phi) is 7.28. The van der Waals surface area contributed by atoms with Crippen LogP contribution in [0.5, 0.6) is 0 Å². The van der Waals surface area contributed by atoms with E-state index in [0.29, 0.717) is 10.5 Å². The van der Waals surface area contributed by atoms with E-state index in [9.17, 15) is 14.4 Å². The van der Waals surface area contributed by atoms with Crippen molar-refractivity contribution in [2.45, 2.75) is 43.4 Å². The van der Waals surface area contributed by atoms with Crippen LogP contribution in [0.1, 0.15) is 38.1 Å². The summed E-state index contributed by atoms with van der Waals surface area (Å²) in [5.41, 5.74) is 0.0627. The van der Waals surface area contributed by atoms with Crippen LogP contribution in [0.3, 0.4) is 0 Å². The van der Waals surface area contributed by atoms with Gasteiger partial charge in [0.2, 0.25) is 5.91 Å². The predicted octanol–water partition coefficient (Wildman–Crippen LogP) is 1.98. The van der Waals surface area contributed by atoms with Crippen molar-refractivity contribution in [2.75, 3.05) is 13.7 Å². The minimum atomic E-state index is -0.437. The molecule has 24 heavy (non-hydrogen) atoms. The average molecular weight is 352 g/mol. The normalized spacial score (nSPS) is 12.2. The smallest absolute Gasteiger partial charge is 0.318 e. The van der Waals surface area contributed by atoms with Gasteiger partial charge in [0.15, 0.2) is 0 Å². The lowest BCUT2D eigenvalue weighted by molar-refractivity contribution is -0.139. The van der Waals surface area contributed by atoms with Crippen LogP contribution in [0.15, 0.2) is 29.2 Å². The summed E-state index contributed by atoms with van der Waals surface area (Å²) in [6.45, 7) is 7.20. The van der Waals surface area contributed by atoms with Gasteiger partial charge >= 0.3 is 5.97 Å². The van der Waals surface area contributed by atoms with Gasteiger partial charge in [-0.15, -0.1) is 11.8 Å². The minimum Gasteiger partial charge on any atom is -0.468 e. The summed E-state index contributed by atoms with van der Waals surface area (Å²) in [7, 11) is 1.33. The maximum absolute atomic E-state index is 12.3. The van der Waals surface area contributed by atoms with Gasteiger partial charge in [-0.25, -0.2) is 0 Å². The third kappa shape index (κ3) is 6.62. The summed E-state index contributed by atoms with van der Waals surface area (Å²) in [4.78, 5) is 36.3. The second-order valence-corrected chi connectivity index (χ2v) is 7.64. The van der Waals surface area contributed by atoms with Crippen LogP contribution in [-0.2, 0) is 14.3 Å². The Hall–Kier alpha value is -2.02. The molecule has 0 spiro atoms. The fourth-order valence-electron chi connectivity index (χ4n) is 1.88. The number of methoxy groups -OCH3 is 1. The van der Waals surface area contributed by atoms with Crippen molar-refractivity contribution < 1.29 is 19.1 Å². The maximum atomic E-state index is 12.3. The number of carbonyl (C=O) groups excluding carboxylic acids is 3. The molecule has 0 aliphatic carbocycles. The fourth-order valence-corrected chi connectivity index (χ4v) is 2.90. The van der Waals surface area contributed by atoms with Crippen LogP contribution in [0.25, 0.3) is 0 Å². The summed E-state index contributed by atoms with van der Waals surface area (Å²) in [6.07, 6.45) is 0. The van der Waals surface area contributed by atoms with Crippen LogP contribution in [0.4, 0.5) is 0 Å². The molecule has 0 aliphatic heterocycles. The molecule has 0 aromatic heterocycles. The van der Waals surface area contributed by atoms with E-state index in [0.717, 1.165) is 0 Å². The first-order valence-electron chi connectivity index (χ1n) is 7.57. The Balaban J connectivity index is 2.74. The molecular formula is C17H24N2O4S. The number of carbonyl (C=O) groups is 3. The predicted molar refractivity (Wildman–Crippen MR) is 94.0 cm³/mol. The lowest BCUT2D eigenvalue weighted by Crippen LogP contribution is -2.45. The topological polar surface area (TPSA) is 84.5 Å². The highest BCUT2D eigenvalue weighted by Crippen LogP contribution is 2.27. The Morgan fingerprint density at radius 2 is 1.83 bits per heavy atom. The lowest BCUT2D eigenvalue weighted by Gasteiger charge is -2.20. The molecule has 7 heteroatoms. The van der Waals surface area contributed by atoms with Gasteiger partial charge in [-0.3, -0.25) is 14.4 Å². The summed E-state index contributed by atoms with van der Waals surface area (Å²) < 4.78 is 4.70. The molecule has 6 nitrogen and oxygen atoms in total. The standard InChI is InChI=1S/C17H24N2O4S/c1-11(16(22)23-5)24-13-9-7-6-8-12(13)15(21)18-10-14(20)19-17(2,3)4/h6-9,11H,10H2,1-5H3,(H,18,21)(H,19,20)/t11-/m0/s1. The van der Waals surface area contributed by atoms with Crippen LogP contribution in [-0.4, -0.2) is 42.2 Å². The van der Waals surface area contributed by atoms with Crippen LogP contribution >= 0.6 is 11.8 Å². The number of hydrogen-bond donors (Lipinski definition) is 2. The number of esters is 1. The average Bonchev–Trinajstić information content (AvgIpc) is 2.50. The first-order chi connectivity index (χ1) is 11.1. The third-order valence-electron chi connectivity index (χ3n) is 2.89. The van der Waals surface area contributed by atoms with Gasteiger partial charge in [0.25, 0.3) is 5.91 Å². The molecular weight excluding hydrogens is 328 g/mol. The molecule has 1 aromatic rings. The number of amides is 2. The van der Waals surface area contributed by atoms with Gasteiger partial charge in [0, 0.05) is 10.4 Å². The highest BCUT2D eigenvalue weighted by atomic mass is 32.2. The Morgan fingerprint density at radius 3 is 2.42 bits per heavy atom. The van der Waals surface area contributed by atoms with Gasteiger partial charge in [0.1, 0.15) is 5.25 Å². The zero-order valence-corrected chi connectivity index (χ0v) is 15.5. The van der Waals surface area contributed by atoms with Crippen molar-refractivity contribution in [3.8, 4) is 0 Å². The first-order valence-corrected chi connectivity index (χ1v) is 8.44. The molecule has 2 N–H and O–H groups in total. The van der Waals surface area contributed by atoms with Crippen molar-refractivity contribution >= 4 is 29.5 Å². The molecule has 1 atom stereocenters. The molecule has 0 saturated heterocycles. The second-order valence-electron chi connectivity index (χ2n) is 6.26. The molecule has 1 aromatic carbocycles. The number of ether oxygens (including phenoxy) is 1. The Bertz CT molecular complexity index is 611. The van der Waals surface area contributed by atoms with Gasteiger partial charge in [0.05, 0.1) is 19.2 Å². The van der Waals surface area contributed by atoms with E-state index in [4.69, 9.17) is 4.74 Å². The molecule has 0 aliphatic rings. The van der Waals surface area contributed by atoms with E-state index in [2.05, 4.69) is 10.6 Å². The van der Waals surface area contributed by atoms with E-state index in [1.54, 1.807) is 31.2 Å². The largest absolute Gasteiger partial charge is 0.468 e. The first kappa shape index (κ1) is 20.0. The van der Waals surface area contributed by atoms with E-state index in [1.807, 2.05) is 20.8 Å². The molecule has 0 unspecified atom stereocenters. The molecule has 0 bridgehead atoms. The molecule has 0 heterocycles. The Labute approximate surface area is 146 Å². The molecule has 0 radical (unpaired) electrons. The number of thioether (sulfide) groups is 1. The van der Waals surface area contributed by atoms with Gasteiger partial charge < -0.3 is 15.4 Å². The number of hydrogen-bond acceptors (Lipinski definition) is 5. The van der Waals surface area contributed by atoms with Crippen molar-refractivity contribution in [2.24, 2.45) is 0 Å². The summed E-state index contributed by atoms with van der Waals surface area (Å²) >= 11 is 1.24. The third-order valence-corrected chi connectivity index (χ3v) is 4.05. The van der Waals surface area contributed by atoms with E-state index in [-0.39, 0.29) is 29.9 Å². The van der Waals surface area contributed by atoms with E-state index in [1.165, 1.54) is 18.9 Å². The number of rotatable bonds is 6. The number of nitrogens with one attached hydrogen (secondary N) is 2. The SMILES string of the molecule is COC(=O)[C@H](C)Sc1ccccc1C(=O)NCC(=O)NC(C)(C)C. The zero-order chi connectivity index (χ0) is 18.3. The van der Waals surface area contributed by atoms with Gasteiger partial charge in [-0.2, -0.15) is 0 Å². The molecule has 132 valence electrons. The van der Waals surface area contributed by atoms with Crippen molar-refractivity contribution in [1.29, 1.82) is 0 Å². The van der Waals surface area contributed by atoms with Crippen molar-refractivity contribution in [3.63, 3.8) is 0 Å². The fraction of sp³-hybridized carbons (Fsp3) is 0.471. The highest BCUT2D eigenvalue weighted by molar-refractivity contribution is 8.00. The molecule has 2 amide bonds. The van der Waals surface area contributed by atoms with Crippen LogP contribution in [0.2, 0.25) is 0 Å². The minimum absolute atomic E-state index is 0.109. The monoisotopic (exact) mass is 352 g/mol. The summed E-state index contributed by atoms with van der Waals surface area (Å²) in [6, 6.07) is 6.93. The molecule has 1 rings (SSSR count). The van der Waals surface area contributed by atoms with E-state index >= 15 is 0 Å². The van der Waals surface area contributed by atoms with E-state index < -0.39 is 5.25 Å². The highest BCUT2D eigenvalue weighted by Gasteiger charge is 2.20. The van der Waals surface area contributed by atoms with Crippen LogP contribution in [0, 0.1) is 0 Å². The summed E-state index contributed by atoms with van der Waals surface area (Å²) in [5, 5.41) is 4.94. The molecule has 0 saturated carbocycles. The van der Waals surface area contributed by atoms with Gasteiger partial charge in [-0.1, -0.05) is 12.1 Å². The number of benzene rings is 1. The molecule has 0 fully saturated rings. The van der Waals surface area contributed by atoms with Crippen molar-refractivity contribution in [1.82, 2.24) is 10.6 Å².